The van der Waals surface area contributed by atoms with Crippen molar-refractivity contribution in [2.45, 2.75) is 129 Å². The summed E-state index contributed by atoms with van der Waals surface area (Å²) in [6.45, 7) is 15.4. The lowest BCUT2D eigenvalue weighted by Gasteiger charge is -2.54. The van der Waals surface area contributed by atoms with Crippen molar-refractivity contribution in [3.05, 3.63) is 0 Å². The minimum atomic E-state index is -1.87. The number of rotatable bonds is 8. The molecule has 0 radical (unpaired) electrons. The van der Waals surface area contributed by atoms with Gasteiger partial charge < -0.3 is 20.6 Å². The number of carboxylic acids is 2. The van der Waals surface area contributed by atoms with E-state index in [0.29, 0.717) is 25.2 Å². The van der Waals surface area contributed by atoms with E-state index in [0.717, 1.165) is 25.7 Å². The zero-order valence-electron chi connectivity index (χ0n) is 21.8. The van der Waals surface area contributed by atoms with Crippen LogP contribution >= 0.6 is 0 Å². The molecule has 2 fully saturated rings. The van der Waals surface area contributed by atoms with Crippen LogP contribution in [0.15, 0.2) is 0 Å². The number of carbonyl (C=O) groups is 2. The molecule has 0 spiro atoms. The van der Waals surface area contributed by atoms with Crippen LogP contribution in [0.2, 0.25) is 0 Å². The van der Waals surface area contributed by atoms with Crippen LogP contribution < -0.4 is 0 Å². The fourth-order valence-electron chi connectivity index (χ4n) is 7.00. The summed E-state index contributed by atoms with van der Waals surface area (Å²) in [7, 11) is 0. The summed E-state index contributed by atoms with van der Waals surface area (Å²) < 4.78 is 0. The van der Waals surface area contributed by atoms with Gasteiger partial charge in [-0.3, -0.25) is 9.59 Å². The maximum Gasteiger partial charge on any atom is 0.321 e. The quantitative estimate of drug-likeness (QED) is 0.288. The van der Waals surface area contributed by atoms with Crippen molar-refractivity contribution in [3.8, 4) is 0 Å². The van der Waals surface area contributed by atoms with Gasteiger partial charge in [-0.25, -0.2) is 0 Å². The summed E-state index contributed by atoms with van der Waals surface area (Å²) >= 11 is 0. The minimum absolute atomic E-state index is 0.0750. The maximum atomic E-state index is 12.5. The highest BCUT2D eigenvalue weighted by molar-refractivity contribution is 5.98. The van der Waals surface area contributed by atoms with Crippen molar-refractivity contribution in [2.24, 2.45) is 17.3 Å². The molecule has 4 N–H and O–H groups in total. The van der Waals surface area contributed by atoms with Crippen LogP contribution in [0.25, 0.3) is 0 Å². The lowest BCUT2D eigenvalue weighted by molar-refractivity contribution is -0.259. The van der Waals surface area contributed by atoms with E-state index >= 15 is 0 Å². The van der Waals surface area contributed by atoms with E-state index in [-0.39, 0.29) is 17.5 Å². The van der Waals surface area contributed by atoms with E-state index in [1.54, 1.807) is 0 Å². The van der Waals surface area contributed by atoms with Crippen LogP contribution in [-0.4, -0.2) is 64.8 Å². The van der Waals surface area contributed by atoms with Gasteiger partial charge in [0, 0.05) is 22.2 Å². The van der Waals surface area contributed by atoms with E-state index in [2.05, 4.69) is 0 Å². The highest BCUT2D eigenvalue weighted by Crippen LogP contribution is 2.50. The first-order chi connectivity index (χ1) is 14.8. The van der Waals surface area contributed by atoms with Gasteiger partial charge in [0.25, 0.3) is 0 Å². The van der Waals surface area contributed by atoms with E-state index in [9.17, 15) is 30.2 Å². The Bertz CT molecular complexity index is 695. The molecule has 0 amide bonds. The molecule has 0 aliphatic carbocycles. The van der Waals surface area contributed by atoms with Gasteiger partial charge in [-0.1, -0.05) is 19.3 Å². The third kappa shape index (κ3) is 5.39. The number of hydroxylamine groups is 4. The highest BCUT2D eigenvalue weighted by Gasteiger charge is 2.58. The number of nitrogens with zero attached hydrogens (tertiary/aromatic N) is 2. The average molecular weight is 471 g/mol. The summed E-state index contributed by atoms with van der Waals surface area (Å²) in [5.41, 5.74) is -4.00. The second kappa shape index (κ2) is 9.10. The first-order valence-corrected chi connectivity index (χ1v) is 12.2. The van der Waals surface area contributed by atoms with E-state index < -0.39 is 34.3 Å². The minimum Gasteiger partial charge on any atom is -0.480 e. The molecule has 0 aromatic heterocycles. The smallest absolute Gasteiger partial charge is 0.321 e. The molecule has 8 nitrogen and oxygen atoms in total. The molecule has 2 saturated heterocycles. The van der Waals surface area contributed by atoms with Gasteiger partial charge in [0.05, 0.1) is 0 Å². The standard InChI is InChI=1S/C25H46N2O6/c1-21(2)13-17(14-22(3,4)26(21)32)11-9-10-12-25(19(28)29,20(30)31)18-15-23(5,6)27(33)24(7,8)16-18/h17-18,32-33H,9-16H2,1-8H3,(H,28,29)(H,30,31). The van der Waals surface area contributed by atoms with Gasteiger partial charge in [0.2, 0.25) is 0 Å². The Morgan fingerprint density at radius 2 is 1.09 bits per heavy atom. The largest absolute Gasteiger partial charge is 0.480 e. The molecule has 2 heterocycles. The molecular formula is C25H46N2O6. The Morgan fingerprint density at radius 1 is 0.727 bits per heavy atom. The second-order valence-electron chi connectivity index (χ2n) is 13.1. The monoisotopic (exact) mass is 470 g/mol. The molecule has 2 aliphatic heterocycles. The zero-order valence-corrected chi connectivity index (χ0v) is 21.8. The lowest BCUT2D eigenvalue weighted by atomic mass is 9.61. The summed E-state index contributed by atoms with van der Waals surface area (Å²) in [5.74, 6) is -2.77. The maximum absolute atomic E-state index is 12.5. The first-order valence-electron chi connectivity index (χ1n) is 12.2. The molecule has 0 bridgehead atoms. The molecule has 33 heavy (non-hydrogen) atoms. The van der Waals surface area contributed by atoms with E-state index in [1.807, 2.05) is 55.4 Å². The van der Waals surface area contributed by atoms with Crippen molar-refractivity contribution < 1.29 is 30.2 Å². The van der Waals surface area contributed by atoms with Gasteiger partial charge in [-0.15, -0.1) is 0 Å². The first kappa shape index (κ1) is 28.0. The fraction of sp³-hybridized carbons (Fsp3) is 0.920. The second-order valence-corrected chi connectivity index (χ2v) is 13.1. The molecule has 0 unspecified atom stereocenters. The number of unbranched alkanes of at least 4 members (excludes halogenated alkanes) is 1. The van der Waals surface area contributed by atoms with Crippen LogP contribution in [0.5, 0.6) is 0 Å². The van der Waals surface area contributed by atoms with Gasteiger partial charge in [-0.05, 0) is 99.3 Å². The van der Waals surface area contributed by atoms with Crippen molar-refractivity contribution in [3.63, 3.8) is 0 Å². The summed E-state index contributed by atoms with van der Waals surface area (Å²) in [4.78, 5) is 25.0. The molecule has 0 atom stereocenters. The number of hydrogen-bond acceptors (Lipinski definition) is 6. The SMILES string of the molecule is CC1(C)CC(CCCCC(C(=O)O)(C(=O)O)C2CC(C)(C)N(O)C(C)(C)C2)CC(C)(C)N1O. The number of piperidine rings is 2. The van der Waals surface area contributed by atoms with Gasteiger partial charge >= 0.3 is 11.9 Å². The van der Waals surface area contributed by atoms with Crippen molar-refractivity contribution >= 4 is 11.9 Å². The summed E-state index contributed by atoms with van der Waals surface area (Å²) in [6.07, 6.45) is 4.48. The molecule has 192 valence electrons. The highest BCUT2D eigenvalue weighted by atomic mass is 16.5. The number of hydrogen-bond donors (Lipinski definition) is 4. The number of carboxylic acid groups (broad SMARTS) is 2. The summed E-state index contributed by atoms with van der Waals surface area (Å²) in [6, 6.07) is 0. The lowest BCUT2D eigenvalue weighted by Crippen LogP contribution is -2.63. The van der Waals surface area contributed by atoms with Crippen LogP contribution in [-0.2, 0) is 9.59 Å². The topological polar surface area (TPSA) is 122 Å². The van der Waals surface area contributed by atoms with Gasteiger partial charge in [-0.2, -0.15) is 10.1 Å². The Kier molecular flexibility index (Phi) is 7.72. The van der Waals surface area contributed by atoms with Crippen LogP contribution in [0, 0.1) is 17.3 Å². The van der Waals surface area contributed by atoms with Crippen LogP contribution in [0.3, 0.4) is 0 Å². The van der Waals surface area contributed by atoms with Crippen molar-refractivity contribution in [1.29, 1.82) is 0 Å². The Morgan fingerprint density at radius 3 is 1.45 bits per heavy atom. The zero-order chi connectivity index (χ0) is 25.6. The van der Waals surface area contributed by atoms with Crippen molar-refractivity contribution in [2.75, 3.05) is 0 Å². The third-order valence-electron chi connectivity index (χ3n) is 8.26. The fourth-order valence-corrected chi connectivity index (χ4v) is 7.00. The molecule has 0 aromatic carbocycles. The van der Waals surface area contributed by atoms with Crippen LogP contribution in [0.4, 0.5) is 0 Å². The van der Waals surface area contributed by atoms with Gasteiger partial charge in [0.15, 0.2) is 5.41 Å². The molecule has 2 rings (SSSR count). The molecule has 2 aliphatic rings. The normalized spacial score (nSPS) is 26.2. The average Bonchev–Trinajstić information content (AvgIpc) is 2.62. The predicted molar refractivity (Wildman–Crippen MR) is 125 cm³/mol. The molecular weight excluding hydrogens is 424 g/mol. The van der Waals surface area contributed by atoms with Gasteiger partial charge in [0.1, 0.15) is 0 Å². The molecule has 8 heteroatoms. The summed E-state index contributed by atoms with van der Waals surface area (Å²) in [5, 5.41) is 44.2. The van der Waals surface area contributed by atoms with Crippen LogP contribution in [0.1, 0.15) is 107 Å². The Balaban J connectivity index is 2.14. The third-order valence-corrected chi connectivity index (χ3v) is 8.26. The molecule has 0 aromatic rings. The van der Waals surface area contributed by atoms with E-state index in [4.69, 9.17) is 0 Å². The Labute approximate surface area is 198 Å². The Hall–Kier alpha value is -1.22. The predicted octanol–water partition coefficient (Wildman–Crippen LogP) is 5.02. The van der Waals surface area contributed by atoms with Crippen molar-refractivity contribution in [1.82, 2.24) is 10.1 Å². The molecule has 0 saturated carbocycles. The van der Waals surface area contributed by atoms with E-state index in [1.165, 1.54) is 10.1 Å². The number of aliphatic carboxylic acids is 2.